The van der Waals surface area contributed by atoms with E-state index in [1.165, 1.54) is 0 Å². The molecule has 0 saturated carbocycles. The number of carbonyl (C=O) groups excluding carboxylic acids is 1. The maximum absolute atomic E-state index is 12.0. The first kappa shape index (κ1) is 13.4. The molecule has 0 bridgehead atoms. The predicted molar refractivity (Wildman–Crippen MR) is 76.7 cm³/mol. The minimum Gasteiger partial charge on any atom is -0.376 e. The third kappa shape index (κ3) is 3.71. The van der Waals surface area contributed by atoms with Crippen LogP contribution in [0.5, 0.6) is 0 Å². The third-order valence-corrected chi connectivity index (χ3v) is 3.67. The highest BCUT2D eigenvalue weighted by molar-refractivity contribution is 9.10. The molecule has 1 heterocycles. The van der Waals surface area contributed by atoms with Gasteiger partial charge in [0.1, 0.15) is 0 Å². The Morgan fingerprint density at radius 1 is 1.22 bits per heavy atom. The second-order valence-electron chi connectivity index (χ2n) is 4.54. The summed E-state index contributed by atoms with van der Waals surface area (Å²) in [5.41, 5.74) is 0.973. The fourth-order valence-electron chi connectivity index (χ4n) is 1.91. The van der Waals surface area contributed by atoms with Gasteiger partial charge < -0.3 is 15.1 Å². The molecule has 0 unspecified atom stereocenters. The Morgan fingerprint density at radius 2 is 1.83 bits per heavy atom. The van der Waals surface area contributed by atoms with Crippen LogP contribution in [0.3, 0.4) is 0 Å². The van der Waals surface area contributed by atoms with Crippen LogP contribution >= 0.6 is 15.9 Å². The number of hydrogen-bond acceptors (Lipinski definition) is 3. The number of nitrogens with one attached hydrogen (secondary N) is 1. The van der Waals surface area contributed by atoms with E-state index in [1.807, 2.05) is 29.2 Å². The fourth-order valence-corrected chi connectivity index (χ4v) is 2.18. The molecular formula is C13H18BrN3O. The highest BCUT2D eigenvalue weighted by Gasteiger charge is 2.18. The van der Waals surface area contributed by atoms with Crippen LogP contribution in [0.2, 0.25) is 0 Å². The van der Waals surface area contributed by atoms with Crippen molar-refractivity contribution in [2.24, 2.45) is 0 Å². The highest BCUT2D eigenvalue weighted by Crippen LogP contribution is 2.13. The van der Waals surface area contributed by atoms with Gasteiger partial charge in [-0.1, -0.05) is 15.9 Å². The highest BCUT2D eigenvalue weighted by atomic mass is 79.9. The van der Waals surface area contributed by atoms with E-state index in [1.54, 1.807) is 0 Å². The molecule has 0 atom stereocenters. The topological polar surface area (TPSA) is 35.6 Å². The first-order valence-corrected chi connectivity index (χ1v) is 6.90. The van der Waals surface area contributed by atoms with Gasteiger partial charge in [0.05, 0.1) is 6.54 Å². The van der Waals surface area contributed by atoms with Crippen LogP contribution in [0, 0.1) is 0 Å². The maximum Gasteiger partial charge on any atom is 0.241 e. The quantitative estimate of drug-likeness (QED) is 0.921. The normalized spacial score (nSPS) is 16.7. The fraction of sp³-hybridized carbons (Fsp3) is 0.462. The van der Waals surface area contributed by atoms with E-state index in [4.69, 9.17) is 0 Å². The third-order valence-electron chi connectivity index (χ3n) is 3.14. The van der Waals surface area contributed by atoms with Crippen LogP contribution < -0.4 is 5.32 Å². The van der Waals surface area contributed by atoms with Gasteiger partial charge in [0.25, 0.3) is 0 Å². The molecule has 1 aliphatic heterocycles. The Labute approximate surface area is 116 Å². The second kappa shape index (κ2) is 6.20. The van der Waals surface area contributed by atoms with Crippen molar-refractivity contribution in [2.75, 3.05) is 45.1 Å². The van der Waals surface area contributed by atoms with Crippen LogP contribution in [0.15, 0.2) is 28.7 Å². The summed E-state index contributed by atoms with van der Waals surface area (Å²) in [5.74, 6) is 0.172. The molecule has 0 aromatic heterocycles. The van der Waals surface area contributed by atoms with Crippen LogP contribution in [-0.2, 0) is 4.79 Å². The summed E-state index contributed by atoms with van der Waals surface area (Å²) in [4.78, 5) is 16.1. The first-order valence-electron chi connectivity index (χ1n) is 6.11. The molecule has 4 nitrogen and oxygen atoms in total. The zero-order valence-electron chi connectivity index (χ0n) is 10.5. The molecule has 18 heavy (non-hydrogen) atoms. The standard InChI is InChI=1S/C13H18BrN3O/c1-16-6-8-17(9-7-16)13(18)10-15-12-4-2-11(14)3-5-12/h2-5,15H,6-10H2,1H3. The van der Waals surface area contributed by atoms with Crippen molar-refractivity contribution in [3.8, 4) is 0 Å². The lowest BCUT2D eigenvalue weighted by molar-refractivity contribution is -0.130. The molecule has 1 amide bonds. The number of likely N-dealkylation sites (N-methyl/N-ethyl adjacent to an activating group) is 1. The van der Waals surface area contributed by atoms with Crippen molar-refractivity contribution in [1.82, 2.24) is 9.80 Å². The Bertz CT molecular complexity index is 399. The zero-order valence-corrected chi connectivity index (χ0v) is 12.1. The van der Waals surface area contributed by atoms with Crippen molar-refractivity contribution < 1.29 is 4.79 Å². The largest absolute Gasteiger partial charge is 0.376 e. The van der Waals surface area contributed by atoms with Gasteiger partial charge in [-0.15, -0.1) is 0 Å². The molecule has 1 aliphatic rings. The van der Waals surface area contributed by atoms with Crippen molar-refractivity contribution in [1.29, 1.82) is 0 Å². The monoisotopic (exact) mass is 311 g/mol. The Morgan fingerprint density at radius 3 is 2.44 bits per heavy atom. The van der Waals surface area contributed by atoms with Gasteiger partial charge in [-0.3, -0.25) is 4.79 Å². The maximum atomic E-state index is 12.0. The lowest BCUT2D eigenvalue weighted by Crippen LogP contribution is -2.48. The van der Waals surface area contributed by atoms with Gasteiger partial charge in [0.15, 0.2) is 0 Å². The van der Waals surface area contributed by atoms with E-state index in [9.17, 15) is 4.79 Å². The van der Waals surface area contributed by atoms with Crippen LogP contribution in [-0.4, -0.2) is 55.5 Å². The molecule has 0 radical (unpaired) electrons. The van der Waals surface area contributed by atoms with Gasteiger partial charge in [-0.2, -0.15) is 0 Å². The molecule has 1 aromatic rings. The van der Waals surface area contributed by atoms with Gasteiger partial charge in [0.2, 0.25) is 5.91 Å². The smallest absolute Gasteiger partial charge is 0.241 e. The molecule has 1 fully saturated rings. The molecular weight excluding hydrogens is 294 g/mol. The number of anilines is 1. The number of piperazine rings is 1. The lowest BCUT2D eigenvalue weighted by atomic mass is 10.3. The van der Waals surface area contributed by atoms with E-state index in [0.29, 0.717) is 6.54 Å². The molecule has 1 aromatic carbocycles. The molecule has 0 aliphatic carbocycles. The number of nitrogens with zero attached hydrogens (tertiary/aromatic N) is 2. The van der Waals surface area contributed by atoms with E-state index < -0.39 is 0 Å². The van der Waals surface area contributed by atoms with Crippen LogP contribution in [0.25, 0.3) is 0 Å². The average molecular weight is 312 g/mol. The van der Waals surface area contributed by atoms with Gasteiger partial charge in [0, 0.05) is 36.3 Å². The minimum atomic E-state index is 0.172. The molecule has 5 heteroatoms. The van der Waals surface area contributed by atoms with E-state index in [2.05, 4.69) is 33.2 Å². The van der Waals surface area contributed by atoms with Crippen molar-refractivity contribution in [2.45, 2.75) is 0 Å². The lowest BCUT2D eigenvalue weighted by Gasteiger charge is -2.32. The van der Waals surface area contributed by atoms with E-state index >= 15 is 0 Å². The first-order chi connectivity index (χ1) is 8.65. The number of hydrogen-bond donors (Lipinski definition) is 1. The summed E-state index contributed by atoms with van der Waals surface area (Å²) in [6, 6.07) is 7.84. The molecule has 1 saturated heterocycles. The molecule has 98 valence electrons. The van der Waals surface area contributed by atoms with Gasteiger partial charge >= 0.3 is 0 Å². The van der Waals surface area contributed by atoms with Crippen LogP contribution in [0.1, 0.15) is 0 Å². The Kier molecular flexibility index (Phi) is 4.60. The van der Waals surface area contributed by atoms with E-state index in [0.717, 1.165) is 36.3 Å². The summed E-state index contributed by atoms with van der Waals surface area (Å²) < 4.78 is 1.04. The number of carbonyl (C=O) groups is 1. The summed E-state index contributed by atoms with van der Waals surface area (Å²) in [5, 5.41) is 3.15. The SMILES string of the molecule is CN1CCN(C(=O)CNc2ccc(Br)cc2)CC1. The number of benzene rings is 1. The molecule has 1 N–H and O–H groups in total. The second-order valence-corrected chi connectivity index (χ2v) is 5.46. The summed E-state index contributed by atoms with van der Waals surface area (Å²) in [6.45, 7) is 3.95. The summed E-state index contributed by atoms with van der Waals surface area (Å²) in [6.07, 6.45) is 0. The summed E-state index contributed by atoms with van der Waals surface area (Å²) >= 11 is 3.39. The van der Waals surface area contributed by atoms with Crippen molar-refractivity contribution in [3.05, 3.63) is 28.7 Å². The molecule has 2 rings (SSSR count). The number of amides is 1. The van der Waals surface area contributed by atoms with Crippen molar-refractivity contribution >= 4 is 27.5 Å². The molecule has 0 spiro atoms. The number of halogens is 1. The predicted octanol–water partition coefficient (Wildman–Crippen LogP) is 1.63. The zero-order chi connectivity index (χ0) is 13.0. The Balaban J connectivity index is 1.79. The minimum absolute atomic E-state index is 0.172. The van der Waals surface area contributed by atoms with E-state index in [-0.39, 0.29) is 5.91 Å². The van der Waals surface area contributed by atoms with Crippen LogP contribution in [0.4, 0.5) is 5.69 Å². The average Bonchev–Trinajstić information content (AvgIpc) is 2.38. The number of rotatable bonds is 3. The Hall–Kier alpha value is -1.07. The van der Waals surface area contributed by atoms with Gasteiger partial charge in [-0.25, -0.2) is 0 Å². The van der Waals surface area contributed by atoms with Gasteiger partial charge in [-0.05, 0) is 31.3 Å². The van der Waals surface area contributed by atoms with Crippen molar-refractivity contribution in [3.63, 3.8) is 0 Å². The summed E-state index contributed by atoms with van der Waals surface area (Å²) in [7, 11) is 2.09.